The van der Waals surface area contributed by atoms with Crippen LogP contribution in [0.1, 0.15) is 29.8 Å². The van der Waals surface area contributed by atoms with Crippen LogP contribution in [0.3, 0.4) is 0 Å². The Hall–Kier alpha value is -3.00. The summed E-state index contributed by atoms with van der Waals surface area (Å²) in [5.74, 6) is -0.628. The zero-order chi connectivity index (χ0) is 20.0. The molecule has 0 aliphatic heterocycles. The number of hydrogen-bond donors (Lipinski definition) is 2. The Morgan fingerprint density at radius 3 is 2.44 bits per heavy atom. The lowest BCUT2D eigenvalue weighted by Gasteiger charge is -2.22. The predicted octanol–water partition coefficient (Wildman–Crippen LogP) is 3.88. The van der Waals surface area contributed by atoms with Crippen molar-refractivity contribution in [3.63, 3.8) is 0 Å². The van der Waals surface area contributed by atoms with E-state index in [-0.39, 0.29) is 16.4 Å². The third kappa shape index (κ3) is 5.01. The number of amides is 1. The number of aryl methyl sites for hydroxylation is 1. The molecule has 0 atom stereocenters. The molecule has 7 nitrogen and oxygen atoms in total. The second-order valence-corrected chi connectivity index (χ2v) is 6.26. The van der Waals surface area contributed by atoms with Gasteiger partial charge in [0.15, 0.2) is 5.11 Å². The number of benzene rings is 2. The van der Waals surface area contributed by atoms with Crippen LogP contribution in [0.5, 0.6) is 0 Å². The first kappa shape index (κ1) is 20.3. The third-order valence-corrected chi connectivity index (χ3v) is 4.36. The van der Waals surface area contributed by atoms with Gasteiger partial charge in [0.25, 0.3) is 11.6 Å². The molecule has 2 aromatic rings. The van der Waals surface area contributed by atoms with Crippen molar-refractivity contribution >= 4 is 40.3 Å². The van der Waals surface area contributed by atoms with Gasteiger partial charge in [0.2, 0.25) is 0 Å². The number of para-hydroxylation sites is 1. The molecule has 0 fully saturated rings. The maximum Gasteiger partial charge on any atom is 0.282 e. The van der Waals surface area contributed by atoms with Crippen LogP contribution in [0.4, 0.5) is 17.1 Å². The summed E-state index contributed by atoms with van der Waals surface area (Å²) in [7, 11) is 0. The van der Waals surface area contributed by atoms with E-state index in [2.05, 4.69) is 29.4 Å². The van der Waals surface area contributed by atoms with E-state index in [0.717, 1.165) is 30.0 Å². The number of carbonyl (C=O) groups excluding carboxylic acids is 1. The van der Waals surface area contributed by atoms with Crippen LogP contribution in [-0.2, 0) is 0 Å². The maximum absolute atomic E-state index is 12.3. The summed E-state index contributed by atoms with van der Waals surface area (Å²) in [6, 6.07) is 11.7. The quantitative estimate of drug-likeness (QED) is 0.445. The number of rotatable bonds is 6. The summed E-state index contributed by atoms with van der Waals surface area (Å²) in [5, 5.41) is 16.6. The van der Waals surface area contributed by atoms with Crippen molar-refractivity contribution in [3.05, 3.63) is 63.7 Å². The number of nitro groups is 1. The molecule has 0 spiro atoms. The Bertz CT molecular complexity index is 866. The Morgan fingerprint density at radius 1 is 1.19 bits per heavy atom. The van der Waals surface area contributed by atoms with E-state index in [4.69, 9.17) is 12.2 Å². The van der Waals surface area contributed by atoms with Gasteiger partial charge < -0.3 is 10.2 Å². The number of nitrogens with zero attached hydrogens (tertiary/aromatic N) is 2. The fraction of sp³-hybridized carbons (Fsp3) is 0.263. The van der Waals surface area contributed by atoms with Crippen molar-refractivity contribution < 1.29 is 9.72 Å². The van der Waals surface area contributed by atoms with Gasteiger partial charge in [-0.05, 0) is 62.8 Å². The standard InChI is InChI=1S/C19H22N4O3S/c1-4-22(5-2)14-10-11-16(13(3)12-14)20-19(27)21-18(24)15-8-6-7-9-17(15)23(25)26/h6-12H,4-5H2,1-3H3,(H2,20,21,24,27). The van der Waals surface area contributed by atoms with Crippen LogP contribution in [0.2, 0.25) is 0 Å². The molecule has 27 heavy (non-hydrogen) atoms. The average Bonchev–Trinajstić information content (AvgIpc) is 2.64. The molecular weight excluding hydrogens is 364 g/mol. The number of nitro benzene ring substituents is 1. The summed E-state index contributed by atoms with van der Waals surface area (Å²) in [6.07, 6.45) is 0. The lowest BCUT2D eigenvalue weighted by molar-refractivity contribution is -0.385. The molecule has 0 saturated carbocycles. The molecule has 0 saturated heterocycles. The molecule has 0 aliphatic carbocycles. The van der Waals surface area contributed by atoms with Gasteiger partial charge in [-0.3, -0.25) is 20.2 Å². The molecule has 8 heteroatoms. The highest BCUT2D eigenvalue weighted by molar-refractivity contribution is 7.80. The van der Waals surface area contributed by atoms with Gasteiger partial charge in [-0.1, -0.05) is 12.1 Å². The van der Waals surface area contributed by atoms with Crippen molar-refractivity contribution in [2.24, 2.45) is 0 Å². The van der Waals surface area contributed by atoms with Crippen LogP contribution >= 0.6 is 12.2 Å². The number of nitrogens with one attached hydrogen (secondary N) is 2. The lowest BCUT2D eigenvalue weighted by atomic mass is 10.1. The van der Waals surface area contributed by atoms with Crippen LogP contribution in [0.15, 0.2) is 42.5 Å². The second kappa shape index (κ2) is 9.09. The first-order valence-corrected chi connectivity index (χ1v) is 8.99. The van der Waals surface area contributed by atoms with Gasteiger partial charge in [0.1, 0.15) is 5.56 Å². The summed E-state index contributed by atoms with van der Waals surface area (Å²) in [5.41, 5.74) is 2.54. The fourth-order valence-corrected chi connectivity index (χ4v) is 2.93. The minimum atomic E-state index is -0.628. The Balaban J connectivity index is 2.10. The van der Waals surface area contributed by atoms with Gasteiger partial charge in [0.05, 0.1) is 4.92 Å². The highest BCUT2D eigenvalue weighted by Crippen LogP contribution is 2.23. The van der Waals surface area contributed by atoms with E-state index in [9.17, 15) is 14.9 Å². The Labute approximate surface area is 163 Å². The first-order valence-electron chi connectivity index (χ1n) is 8.58. The summed E-state index contributed by atoms with van der Waals surface area (Å²) in [6.45, 7) is 7.96. The molecule has 0 aliphatic rings. The predicted molar refractivity (Wildman–Crippen MR) is 112 cm³/mol. The van der Waals surface area contributed by atoms with Gasteiger partial charge in [-0.15, -0.1) is 0 Å². The van der Waals surface area contributed by atoms with Crippen LogP contribution in [0.25, 0.3) is 0 Å². The maximum atomic E-state index is 12.3. The molecular formula is C19H22N4O3S. The number of hydrogen-bond acceptors (Lipinski definition) is 5. The molecule has 2 aromatic carbocycles. The molecule has 0 heterocycles. The largest absolute Gasteiger partial charge is 0.372 e. The van der Waals surface area contributed by atoms with E-state index < -0.39 is 10.8 Å². The highest BCUT2D eigenvalue weighted by atomic mass is 32.1. The van der Waals surface area contributed by atoms with Crippen molar-refractivity contribution in [1.82, 2.24) is 5.32 Å². The highest BCUT2D eigenvalue weighted by Gasteiger charge is 2.20. The van der Waals surface area contributed by atoms with E-state index in [1.54, 1.807) is 6.07 Å². The summed E-state index contributed by atoms with van der Waals surface area (Å²) in [4.78, 5) is 25.0. The normalized spacial score (nSPS) is 10.2. The Kier molecular flexibility index (Phi) is 6.84. The second-order valence-electron chi connectivity index (χ2n) is 5.85. The van der Waals surface area contributed by atoms with E-state index in [0.29, 0.717) is 0 Å². The minimum absolute atomic E-state index is 0.0414. The minimum Gasteiger partial charge on any atom is -0.372 e. The first-order chi connectivity index (χ1) is 12.9. The van der Waals surface area contributed by atoms with E-state index in [1.807, 2.05) is 25.1 Å². The van der Waals surface area contributed by atoms with Gasteiger partial charge in [-0.25, -0.2) is 0 Å². The number of anilines is 2. The van der Waals surface area contributed by atoms with Crippen molar-refractivity contribution in [1.29, 1.82) is 0 Å². The number of thiocarbonyl (C=S) groups is 1. The van der Waals surface area contributed by atoms with Gasteiger partial charge >= 0.3 is 0 Å². The van der Waals surface area contributed by atoms with Gasteiger partial charge in [0, 0.05) is 30.5 Å². The van der Waals surface area contributed by atoms with Crippen LogP contribution in [0, 0.1) is 17.0 Å². The fourth-order valence-electron chi connectivity index (χ4n) is 2.72. The third-order valence-electron chi connectivity index (χ3n) is 4.16. The molecule has 0 unspecified atom stereocenters. The molecule has 2 rings (SSSR count). The van der Waals surface area contributed by atoms with Crippen LogP contribution < -0.4 is 15.5 Å². The molecule has 0 bridgehead atoms. The lowest BCUT2D eigenvalue weighted by Crippen LogP contribution is -2.34. The van der Waals surface area contributed by atoms with E-state index >= 15 is 0 Å². The SMILES string of the molecule is CCN(CC)c1ccc(NC(=S)NC(=O)c2ccccc2[N+](=O)[O-])c(C)c1. The smallest absolute Gasteiger partial charge is 0.282 e. The molecule has 2 N–H and O–H groups in total. The summed E-state index contributed by atoms with van der Waals surface area (Å²) < 4.78 is 0. The van der Waals surface area contributed by atoms with Crippen molar-refractivity contribution in [2.75, 3.05) is 23.3 Å². The van der Waals surface area contributed by atoms with E-state index in [1.165, 1.54) is 18.2 Å². The molecule has 142 valence electrons. The number of carbonyl (C=O) groups is 1. The topological polar surface area (TPSA) is 87.5 Å². The van der Waals surface area contributed by atoms with Gasteiger partial charge in [-0.2, -0.15) is 0 Å². The zero-order valence-corrected chi connectivity index (χ0v) is 16.3. The molecule has 0 radical (unpaired) electrons. The monoisotopic (exact) mass is 386 g/mol. The molecule has 1 amide bonds. The molecule has 0 aromatic heterocycles. The van der Waals surface area contributed by atoms with Crippen LogP contribution in [-0.4, -0.2) is 29.0 Å². The summed E-state index contributed by atoms with van der Waals surface area (Å²) >= 11 is 5.19. The average molecular weight is 386 g/mol. The Morgan fingerprint density at radius 2 is 1.85 bits per heavy atom. The van der Waals surface area contributed by atoms with Crippen molar-refractivity contribution in [2.45, 2.75) is 20.8 Å². The van der Waals surface area contributed by atoms with Crippen molar-refractivity contribution in [3.8, 4) is 0 Å². The zero-order valence-electron chi connectivity index (χ0n) is 15.5.